The van der Waals surface area contributed by atoms with Gasteiger partial charge in [-0.1, -0.05) is 29.8 Å². The van der Waals surface area contributed by atoms with E-state index in [1.165, 1.54) is 5.56 Å². The Hall–Kier alpha value is -2.20. The number of ether oxygens (including phenoxy) is 1. The molecule has 0 radical (unpaired) electrons. The van der Waals surface area contributed by atoms with Crippen molar-refractivity contribution in [1.82, 2.24) is 4.90 Å². The highest BCUT2D eigenvalue weighted by Gasteiger charge is 2.27. The lowest BCUT2D eigenvalue weighted by Crippen LogP contribution is -2.42. The summed E-state index contributed by atoms with van der Waals surface area (Å²) in [4.78, 5) is 16.2. The van der Waals surface area contributed by atoms with Crippen molar-refractivity contribution in [3.63, 3.8) is 0 Å². The first-order valence-electron chi connectivity index (χ1n) is 10.7. The molecule has 0 bridgehead atoms. The molecule has 0 N–H and O–H groups in total. The highest BCUT2D eigenvalue weighted by Crippen LogP contribution is 2.32. The van der Waals surface area contributed by atoms with Crippen molar-refractivity contribution in [2.45, 2.75) is 52.6 Å². The molecule has 0 saturated carbocycles. The zero-order valence-electron chi connectivity index (χ0n) is 18.7. The van der Waals surface area contributed by atoms with Crippen molar-refractivity contribution in [1.29, 1.82) is 0 Å². The largest absolute Gasteiger partial charge is 0.444 e. The van der Waals surface area contributed by atoms with Crippen LogP contribution in [0.15, 0.2) is 42.5 Å². The molecule has 0 atom stereocenters. The van der Waals surface area contributed by atoms with Gasteiger partial charge in [-0.25, -0.2) is 4.79 Å². The maximum absolute atomic E-state index is 12.3. The Morgan fingerprint density at radius 1 is 1.17 bits per heavy atom. The van der Waals surface area contributed by atoms with E-state index in [0.717, 1.165) is 54.3 Å². The second-order valence-corrected chi connectivity index (χ2v) is 9.71. The highest BCUT2D eigenvalue weighted by atomic mass is 35.5. The molecule has 1 heterocycles. The summed E-state index contributed by atoms with van der Waals surface area (Å²) in [6.07, 6.45) is 2.83. The van der Waals surface area contributed by atoms with Gasteiger partial charge in [0, 0.05) is 25.8 Å². The molecular formula is C25H33ClN2O2. The van der Waals surface area contributed by atoms with Gasteiger partial charge in [-0.15, -0.1) is 0 Å². The third-order valence-corrected chi connectivity index (χ3v) is 5.86. The summed E-state index contributed by atoms with van der Waals surface area (Å²) < 4.78 is 5.50. The van der Waals surface area contributed by atoms with Crippen LogP contribution in [0, 0.1) is 12.8 Å². The van der Waals surface area contributed by atoms with Crippen LogP contribution in [-0.4, -0.2) is 36.7 Å². The third-order valence-electron chi connectivity index (χ3n) is 5.55. The molecule has 1 amide bonds. The first-order chi connectivity index (χ1) is 14.1. The zero-order valence-corrected chi connectivity index (χ0v) is 19.5. The Morgan fingerprint density at radius 2 is 1.87 bits per heavy atom. The van der Waals surface area contributed by atoms with Gasteiger partial charge in [-0.3, -0.25) is 0 Å². The van der Waals surface area contributed by atoms with Crippen molar-refractivity contribution in [3.8, 4) is 0 Å². The van der Waals surface area contributed by atoms with Crippen LogP contribution in [0.4, 0.5) is 16.2 Å². The fourth-order valence-corrected chi connectivity index (χ4v) is 4.26. The van der Waals surface area contributed by atoms with Gasteiger partial charge in [0.25, 0.3) is 0 Å². The number of carbonyl (C=O) groups excluding carboxylic acids is 1. The fourth-order valence-electron chi connectivity index (χ4n) is 3.89. The minimum Gasteiger partial charge on any atom is -0.444 e. The summed E-state index contributed by atoms with van der Waals surface area (Å²) in [5.41, 5.74) is 4.16. The maximum atomic E-state index is 12.3. The van der Waals surface area contributed by atoms with E-state index in [9.17, 15) is 4.79 Å². The van der Waals surface area contributed by atoms with E-state index < -0.39 is 5.60 Å². The predicted octanol–water partition coefficient (Wildman–Crippen LogP) is 6.61. The number of carbonyl (C=O) groups is 1. The molecule has 162 valence electrons. The standard InChI is InChI=1S/C25H33ClN2O2/c1-18-9-10-23(22(26)15-18)27(5)21-8-6-7-20(17-21)16-19-11-13-28(14-12-19)24(29)30-25(2,3)4/h6-10,15,17,19H,11-14,16H2,1-5H3. The van der Waals surface area contributed by atoms with Crippen molar-refractivity contribution in [2.75, 3.05) is 25.0 Å². The number of anilines is 2. The molecule has 0 unspecified atom stereocenters. The summed E-state index contributed by atoms with van der Waals surface area (Å²) in [6, 6.07) is 14.8. The lowest BCUT2D eigenvalue weighted by atomic mass is 9.90. The van der Waals surface area contributed by atoms with Crippen LogP contribution in [-0.2, 0) is 11.2 Å². The normalized spacial score (nSPS) is 15.2. The number of amides is 1. The van der Waals surface area contributed by atoms with Gasteiger partial charge in [0.1, 0.15) is 5.60 Å². The summed E-state index contributed by atoms with van der Waals surface area (Å²) in [5, 5.41) is 0.761. The van der Waals surface area contributed by atoms with Gasteiger partial charge in [0.2, 0.25) is 0 Å². The molecule has 1 fully saturated rings. The molecule has 5 heteroatoms. The van der Waals surface area contributed by atoms with E-state index in [1.54, 1.807) is 0 Å². The Balaban J connectivity index is 1.60. The number of likely N-dealkylation sites (tertiary alicyclic amines) is 1. The van der Waals surface area contributed by atoms with Crippen LogP contribution in [0.3, 0.4) is 0 Å². The van der Waals surface area contributed by atoms with Crippen LogP contribution in [0.2, 0.25) is 5.02 Å². The smallest absolute Gasteiger partial charge is 0.410 e. The molecule has 4 nitrogen and oxygen atoms in total. The van der Waals surface area contributed by atoms with Crippen molar-refractivity contribution >= 4 is 29.1 Å². The predicted molar refractivity (Wildman–Crippen MR) is 125 cm³/mol. The van der Waals surface area contributed by atoms with E-state index in [2.05, 4.69) is 48.3 Å². The average molecular weight is 429 g/mol. The first-order valence-corrected chi connectivity index (χ1v) is 11.1. The van der Waals surface area contributed by atoms with E-state index in [4.69, 9.17) is 16.3 Å². The molecule has 1 aliphatic heterocycles. The van der Waals surface area contributed by atoms with E-state index in [-0.39, 0.29) is 6.09 Å². The fraction of sp³-hybridized carbons (Fsp3) is 0.480. The monoisotopic (exact) mass is 428 g/mol. The van der Waals surface area contributed by atoms with E-state index in [0.29, 0.717) is 5.92 Å². The lowest BCUT2D eigenvalue weighted by molar-refractivity contribution is 0.0184. The van der Waals surface area contributed by atoms with Crippen LogP contribution in [0.1, 0.15) is 44.7 Å². The molecule has 30 heavy (non-hydrogen) atoms. The Kier molecular flexibility index (Phi) is 6.97. The minimum atomic E-state index is -0.444. The number of piperidine rings is 1. The number of aryl methyl sites for hydroxylation is 1. The van der Waals surface area contributed by atoms with Gasteiger partial charge < -0.3 is 14.5 Å². The highest BCUT2D eigenvalue weighted by molar-refractivity contribution is 6.33. The van der Waals surface area contributed by atoms with Gasteiger partial charge in [-0.05, 0) is 88.3 Å². The van der Waals surface area contributed by atoms with Crippen LogP contribution < -0.4 is 4.90 Å². The van der Waals surface area contributed by atoms with Crippen LogP contribution in [0.5, 0.6) is 0 Å². The SMILES string of the molecule is Cc1ccc(N(C)c2cccc(CC3CCN(C(=O)OC(C)(C)C)CC3)c2)c(Cl)c1. The summed E-state index contributed by atoms with van der Waals surface area (Å²) in [6.45, 7) is 9.29. The van der Waals surface area contributed by atoms with Gasteiger partial charge in [-0.2, -0.15) is 0 Å². The molecule has 0 spiro atoms. The molecular weight excluding hydrogens is 396 g/mol. The van der Waals surface area contributed by atoms with Crippen molar-refractivity contribution in [2.24, 2.45) is 5.92 Å². The quantitative estimate of drug-likeness (QED) is 0.549. The number of rotatable bonds is 4. The molecule has 2 aromatic carbocycles. The zero-order chi connectivity index (χ0) is 21.9. The second kappa shape index (κ2) is 9.30. The Labute approximate surface area is 185 Å². The summed E-state index contributed by atoms with van der Waals surface area (Å²) >= 11 is 6.46. The average Bonchev–Trinajstić information content (AvgIpc) is 2.67. The maximum Gasteiger partial charge on any atom is 0.410 e. The van der Waals surface area contributed by atoms with Crippen molar-refractivity contribution in [3.05, 3.63) is 58.6 Å². The Bertz CT molecular complexity index is 883. The molecule has 2 aromatic rings. The van der Waals surface area contributed by atoms with Gasteiger partial charge >= 0.3 is 6.09 Å². The molecule has 0 aliphatic carbocycles. The third kappa shape index (κ3) is 5.91. The number of hydrogen-bond acceptors (Lipinski definition) is 3. The summed E-state index contributed by atoms with van der Waals surface area (Å²) in [5.74, 6) is 0.576. The van der Waals surface area contributed by atoms with E-state index >= 15 is 0 Å². The van der Waals surface area contributed by atoms with Crippen LogP contribution in [0.25, 0.3) is 0 Å². The topological polar surface area (TPSA) is 32.8 Å². The van der Waals surface area contributed by atoms with Crippen LogP contribution >= 0.6 is 11.6 Å². The number of halogens is 1. The number of nitrogens with zero attached hydrogens (tertiary/aromatic N) is 2. The molecule has 1 saturated heterocycles. The second-order valence-electron chi connectivity index (χ2n) is 9.30. The van der Waals surface area contributed by atoms with Gasteiger partial charge in [0.05, 0.1) is 10.7 Å². The number of benzene rings is 2. The summed E-state index contributed by atoms with van der Waals surface area (Å²) in [7, 11) is 2.05. The molecule has 1 aliphatic rings. The molecule has 0 aromatic heterocycles. The lowest BCUT2D eigenvalue weighted by Gasteiger charge is -2.33. The Morgan fingerprint density at radius 3 is 2.50 bits per heavy atom. The minimum absolute atomic E-state index is 0.195. The van der Waals surface area contributed by atoms with E-state index in [1.807, 2.05) is 38.7 Å². The first kappa shape index (κ1) is 22.5. The molecule has 3 rings (SSSR count). The van der Waals surface area contributed by atoms with Crippen molar-refractivity contribution < 1.29 is 9.53 Å². The van der Waals surface area contributed by atoms with Gasteiger partial charge in [0.15, 0.2) is 0 Å². The number of hydrogen-bond donors (Lipinski definition) is 0.